The molecule has 0 saturated carbocycles. The Labute approximate surface area is 119 Å². The van der Waals surface area contributed by atoms with Gasteiger partial charge in [-0.05, 0) is 39.6 Å². The van der Waals surface area contributed by atoms with Crippen molar-refractivity contribution in [3.63, 3.8) is 0 Å². The smallest absolute Gasteiger partial charge is 0.383 e. The van der Waals surface area contributed by atoms with Gasteiger partial charge in [0.25, 0.3) is 0 Å². The first-order valence-electron chi connectivity index (χ1n) is 6.05. The van der Waals surface area contributed by atoms with Gasteiger partial charge >= 0.3 is 11.1 Å². The van der Waals surface area contributed by atoms with Crippen LogP contribution in [0.2, 0.25) is 23.4 Å². The third-order valence-electron chi connectivity index (χ3n) is 3.50. The molecule has 0 saturated heterocycles. The minimum atomic E-state index is -1.80. The van der Waals surface area contributed by atoms with Gasteiger partial charge in [0.1, 0.15) is 6.20 Å². The average molecular weight is 306 g/mol. The highest BCUT2D eigenvalue weighted by atomic mass is 35.5. The normalized spacial score (nSPS) is 12.7. The maximum Gasteiger partial charge on any atom is 0.383 e. The molecule has 0 fully saturated rings. The summed E-state index contributed by atoms with van der Waals surface area (Å²) in [5.41, 5.74) is 0. The van der Waals surface area contributed by atoms with Crippen LogP contribution in [0.25, 0.3) is 0 Å². The van der Waals surface area contributed by atoms with Gasteiger partial charge in [0.05, 0.1) is 6.61 Å². The molecule has 8 heteroatoms. The van der Waals surface area contributed by atoms with Gasteiger partial charge in [0.2, 0.25) is 0 Å². The Morgan fingerprint density at radius 2 is 2.11 bits per heavy atom. The molecular weight excluding hydrogens is 286 g/mol. The van der Waals surface area contributed by atoms with Crippen molar-refractivity contribution in [3.8, 4) is 0 Å². The van der Waals surface area contributed by atoms with E-state index in [0.717, 1.165) is 0 Å². The molecule has 0 aliphatic heterocycles. The van der Waals surface area contributed by atoms with Crippen LogP contribution in [-0.2, 0) is 11.0 Å². The molecule has 6 nitrogen and oxygen atoms in total. The van der Waals surface area contributed by atoms with E-state index in [1.807, 2.05) is 0 Å². The van der Waals surface area contributed by atoms with E-state index in [-0.39, 0.29) is 16.1 Å². The van der Waals surface area contributed by atoms with E-state index in [4.69, 9.17) is 16.0 Å². The number of hydrogen-bond acceptors (Lipinski definition) is 4. The second-order valence-electron chi connectivity index (χ2n) is 5.93. The third kappa shape index (κ3) is 4.02. The summed E-state index contributed by atoms with van der Waals surface area (Å²) in [6.07, 6.45) is 1.33. The Morgan fingerprint density at radius 1 is 1.53 bits per heavy atom. The molecular formula is C11H20ClN3O3Si. The Hall–Kier alpha value is -0.923. The Kier molecular flexibility index (Phi) is 4.75. The summed E-state index contributed by atoms with van der Waals surface area (Å²) in [7, 11) is -1.80. The third-order valence-corrected chi connectivity index (χ3v) is 8.34. The Morgan fingerprint density at radius 3 is 2.53 bits per heavy atom. The van der Waals surface area contributed by atoms with E-state index in [2.05, 4.69) is 38.8 Å². The van der Waals surface area contributed by atoms with Crippen molar-refractivity contribution in [2.45, 2.75) is 45.4 Å². The maximum absolute atomic E-state index is 10.6. The second kappa shape index (κ2) is 5.60. The molecule has 0 N–H and O–H groups in total. The summed E-state index contributed by atoms with van der Waals surface area (Å²) >= 11 is 5.83. The first-order valence-corrected chi connectivity index (χ1v) is 9.34. The fourth-order valence-electron chi connectivity index (χ4n) is 1.24. The average Bonchev–Trinajstić information content (AvgIpc) is 2.58. The molecule has 19 heavy (non-hydrogen) atoms. The molecule has 0 aliphatic rings. The zero-order chi connectivity index (χ0) is 14.8. The van der Waals surface area contributed by atoms with E-state index in [1.54, 1.807) is 0 Å². The monoisotopic (exact) mass is 305 g/mol. The highest BCUT2D eigenvalue weighted by molar-refractivity contribution is 6.74. The van der Waals surface area contributed by atoms with Gasteiger partial charge in [-0.2, -0.15) is 0 Å². The lowest BCUT2D eigenvalue weighted by Gasteiger charge is -2.36. The van der Waals surface area contributed by atoms with Crippen LogP contribution < -0.4 is 0 Å². The quantitative estimate of drug-likeness (QED) is 0.474. The van der Waals surface area contributed by atoms with Crippen molar-refractivity contribution >= 4 is 25.7 Å². The molecule has 0 spiro atoms. The lowest BCUT2D eigenvalue weighted by Crippen LogP contribution is -2.41. The second-order valence-corrected chi connectivity index (χ2v) is 11.1. The van der Waals surface area contributed by atoms with Crippen LogP contribution in [0.15, 0.2) is 6.20 Å². The van der Waals surface area contributed by atoms with Crippen LogP contribution in [0, 0.1) is 10.1 Å². The molecule has 1 aromatic rings. The Bertz CT molecular complexity index is 468. The van der Waals surface area contributed by atoms with Crippen LogP contribution in [0.1, 0.15) is 20.8 Å². The van der Waals surface area contributed by atoms with Crippen LogP contribution in [0.4, 0.5) is 5.82 Å². The van der Waals surface area contributed by atoms with Crippen molar-refractivity contribution in [2.75, 3.05) is 6.61 Å². The first-order chi connectivity index (χ1) is 8.54. The summed E-state index contributed by atoms with van der Waals surface area (Å²) in [5, 5.41) is 10.8. The predicted octanol–water partition coefficient (Wildman–Crippen LogP) is 3.47. The number of rotatable bonds is 5. The van der Waals surface area contributed by atoms with Gasteiger partial charge in [-0.25, -0.2) is 0 Å². The lowest BCUT2D eigenvalue weighted by molar-refractivity contribution is -0.389. The van der Waals surface area contributed by atoms with Gasteiger partial charge in [-0.15, -0.1) is 0 Å². The van der Waals surface area contributed by atoms with Crippen molar-refractivity contribution in [1.82, 2.24) is 9.55 Å². The largest absolute Gasteiger partial charge is 0.415 e. The number of imidazole rings is 1. The van der Waals surface area contributed by atoms with Crippen molar-refractivity contribution in [2.24, 2.45) is 0 Å². The van der Waals surface area contributed by atoms with Gasteiger partial charge in [0, 0.05) is 6.54 Å². The van der Waals surface area contributed by atoms with Crippen molar-refractivity contribution in [1.29, 1.82) is 0 Å². The van der Waals surface area contributed by atoms with Gasteiger partial charge in [0.15, 0.2) is 8.32 Å². The first kappa shape index (κ1) is 16.1. The fraction of sp³-hybridized carbons (Fsp3) is 0.727. The van der Waals surface area contributed by atoms with E-state index >= 15 is 0 Å². The summed E-state index contributed by atoms with van der Waals surface area (Å²) in [5.74, 6) is -0.239. The molecule has 0 amide bonds. The minimum absolute atomic E-state index is 0.116. The van der Waals surface area contributed by atoms with Crippen molar-refractivity contribution in [3.05, 3.63) is 21.6 Å². The van der Waals surface area contributed by atoms with Crippen LogP contribution in [-0.4, -0.2) is 29.4 Å². The fourth-order valence-corrected chi connectivity index (χ4v) is 2.50. The standard InChI is InChI=1S/C11H20ClN3O3Si/c1-11(2,3)19(4,5)18-7-6-14-8-9(15(16)17)13-10(14)12/h8H,6-7H2,1-5H3. The van der Waals surface area contributed by atoms with E-state index in [0.29, 0.717) is 13.2 Å². The molecule has 0 atom stereocenters. The van der Waals surface area contributed by atoms with E-state index in [1.165, 1.54) is 10.8 Å². The number of aromatic nitrogens is 2. The highest BCUT2D eigenvalue weighted by Crippen LogP contribution is 2.36. The van der Waals surface area contributed by atoms with Crippen molar-refractivity contribution < 1.29 is 9.35 Å². The van der Waals surface area contributed by atoms with Gasteiger partial charge in [-0.1, -0.05) is 20.8 Å². The molecule has 0 aromatic carbocycles. The van der Waals surface area contributed by atoms with Crippen LogP contribution in [0.3, 0.4) is 0 Å². The number of hydrogen-bond donors (Lipinski definition) is 0. The molecule has 0 unspecified atom stereocenters. The molecule has 0 aliphatic carbocycles. The predicted molar refractivity (Wildman–Crippen MR) is 77.0 cm³/mol. The van der Waals surface area contributed by atoms with Crippen LogP contribution in [0.5, 0.6) is 0 Å². The highest BCUT2D eigenvalue weighted by Gasteiger charge is 2.36. The number of nitrogens with zero attached hydrogens (tertiary/aromatic N) is 3. The number of nitro groups is 1. The molecule has 1 heterocycles. The zero-order valence-electron chi connectivity index (χ0n) is 11.9. The van der Waals surface area contributed by atoms with Gasteiger partial charge in [-0.3, -0.25) is 4.57 Å². The van der Waals surface area contributed by atoms with E-state index in [9.17, 15) is 10.1 Å². The Balaban J connectivity index is 2.61. The number of halogens is 1. The molecule has 1 aromatic heterocycles. The molecule has 0 bridgehead atoms. The topological polar surface area (TPSA) is 70.2 Å². The lowest BCUT2D eigenvalue weighted by atomic mass is 10.2. The summed E-state index contributed by atoms with van der Waals surface area (Å²) in [6, 6.07) is 0. The van der Waals surface area contributed by atoms with Gasteiger partial charge < -0.3 is 14.5 Å². The zero-order valence-corrected chi connectivity index (χ0v) is 13.7. The van der Waals surface area contributed by atoms with Crippen LogP contribution >= 0.6 is 11.6 Å². The maximum atomic E-state index is 10.6. The SMILES string of the molecule is CC(C)(C)[Si](C)(C)OCCn1cc([N+](=O)[O-])nc1Cl. The molecule has 0 radical (unpaired) electrons. The molecule has 108 valence electrons. The summed E-state index contributed by atoms with van der Waals surface area (Å²) < 4.78 is 7.52. The summed E-state index contributed by atoms with van der Waals surface area (Å²) in [4.78, 5) is 13.7. The minimum Gasteiger partial charge on any atom is -0.415 e. The molecule has 1 rings (SSSR count). The summed E-state index contributed by atoms with van der Waals surface area (Å²) in [6.45, 7) is 11.7. The van der Waals surface area contributed by atoms with E-state index < -0.39 is 13.2 Å².